The third-order valence-electron chi connectivity index (χ3n) is 5.53. The summed E-state index contributed by atoms with van der Waals surface area (Å²) in [5, 5.41) is 2.66. The van der Waals surface area contributed by atoms with Crippen molar-refractivity contribution in [1.29, 1.82) is 0 Å². The van der Waals surface area contributed by atoms with Crippen LogP contribution in [0.15, 0.2) is 78.4 Å². The van der Waals surface area contributed by atoms with Crippen molar-refractivity contribution < 1.29 is 0 Å². The van der Waals surface area contributed by atoms with Gasteiger partial charge in [-0.05, 0) is 58.2 Å². The van der Waals surface area contributed by atoms with Crippen molar-refractivity contribution in [3.63, 3.8) is 0 Å². The van der Waals surface area contributed by atoms with Crippen molar-refractivity contribution in [2.45, 2.75) is 19.3 Å². The summed E-state index contributed by atoms with van der Waals surface area (Å²) in [4.78, 5) is 0. The minimum atomic E-state index is 0.720. The Morgan fingerprint density at radius 2 is 1.46 bits per heavy atom. The van der Waals surface area contributed by atoms with Crippen LogP contribution in [0, 0.1) is 5.92 Å². The molecular weight excluding hydrogens is 288 g/mol. The molecule has 0 unspecified atom stereocenters. The molecule has 0 heterocycles. The second kappa shape index (κ2) is 5.49. The first-order chi connectivity index (χ1) is 11.9. The fourth-order valence-electron chi connectivity index (χ4n) is 4.27. The minimum Gasteiger partial charge on any atom is -0.0879 e. The van der Waals surface area contributed by atoms with Crippen LogP contribution < -0.4 is 0 Å². The van der Waals surface area contributed by atoms with E-state index in [9.17, 15) is 0 Å². The van der Waals surface area contributed by atoms with Gasteiger partial charge in [0, 0.05) is 0 Å². The molecule has 2 aliphatic carbocycles. The molecular formula is C24H20. The van der Waals surface area contributed by atoms with Crippen LogP contribution >= 0.6 is 0 Å². The van der Waals surface area contributed by atoms with Crippen molar-refractivity contribution >= 4 is 16.8 Å². The van der Waals surface area contributed by atoms with Crippen LogP contribution in [0.4, 0.5) is 0 Å². The molecule has 0 N–H and O–H groups in total. The summed E-state index contributed by atoms with van der Waals surface area (Å²) in [6.07, 6.45) is 10.7. The van der Waals surface area contributed by atoms with E-state index >= 15 is 0 Å². The lowest BCUT2D eigenvalue weighted by Crippen LogP contribution is -1.98. The molecule has 3 aromatic rings. The average Bonchev–Trinajstić information content (AvgIpc) is 3.30. The minimum absolute atomic E-state index is 0.720. The molecule has 0 aromatic heterocycles. The standard InChI is InChI=1S/C24H20/c1-2-8-17(7-1)20-15-19-11-6-14-23(24(19)16-20)22-13-5-10-18-9-3-4-12-21(18)22/h1-6,9-14,16-17H,7-8,15H2. The van der Waals surface area contributed by atoms with E-state index < -0.39 is 0 Å². The SMILES string of the molecule is C1=CCC(C2=Cc3c(cccc3-c3cccc4ccccc34)C2)C1. The number of rotatable bonds is 2. The summed E-state index contributed by atoms with van der Waals surface area (Å²) in [5.74, 6) is 0.720. The van der Waals surface area contributed by atoms with Crippen LogP contribution in [0.1, 0.15) is 24.0 Å². The summed E-state index contributed by atoms with van der Waals surface area (Å²) in [6.45, 7) is 0. The molecule has 0 bridgehead atoms. The van der Waals surface area contributed by atoms with Gasteiger partial charge in [0.05, 0.1) is 0 Å². The molecule has 0 saturated heterocycles. The first-order valence-electron chi connectivity index (χ1n) is 8.85. The van der Waals surface area contributed by atoms with E-state index in [1.807, 2.05) is 0 Å². The summed E-state index contributed by atoms with van der Waals surface area (Å²) < 4.78 is 0. The molecule has 0 radical (unpaired) electrons. The molecule has 0 heteroatoms. The smallest absolute Gasteiger partial charge is 0.00546 e. The van der Waals surface area contributed by atoms with Crippen LogP contribution in [-0.2, 0) is 6.42 Å². The Morgan fingerprint density at radius 3 is 2.38 bits per heavy atom. The van der Waals surface area contributed by atoms with E-state index in [4.69, 9.17) is 0 Å². The molecule has 0 spiro atoms. The highest BCUT2D eigenvalue weighted by atomic mass is 14.3. The van der Waals surface area contributed by atoms with E-state index in [1.165, 1.54) is 45.9 Å². The molecule has 0 aliphatic heterocycles. The van der Waals surface area contributed by atoms with Crippen molar-refractivity contribution in [2.75, 3.05) is 0 Å². The Kier molecular flexibility index (Phi) is 3.16. The topological polar surface area (TPSA) is 0 Å². The Labute approximate surface area is 143 Å². The van der Waals surface area contributed by atoms with Gasteiger partial charge in [0.25, 0.3) is 0 Å². The predicted molar refractivity (Wildman–Crippen MR) is 103 cm³/mol. The zero-order valence-corrected chi connectivity index (χ0v) is 13.7. The Balaban J connectivity index is 1.67. The van der Waals surface area contributed by atoms with Crippen LogP contribution in [-0.4, -0.2) is 0 Å². The molecule has 0 fully saturated rings. The van der Waals surface area contributed by atoms with Gasteiger partial charge in [0.15, 0.2) is 0 Å². The second-order valence-electron chi connectivity index (χ2n) is 6.94. The Bertz CT molecular complexity index is 975. The quantitative estimate of drug-likeness (QED) is 0.480. The van der Waals surface area contributed by atoms with Gasteiger partial charge in [-0.15, -0.1) is 0 Å². The number of fused-ring (bicyclic) bond motifs is 2. The molecule has 0 nitrogen and oxygen atoms in total. The van der Waals surface area contributed by atoms with E-state index in [2.05, 4.69) is 78.9 Å². The summed E-state index contributed by atoms with van der Waals surface area (Å²) in [7, 11) is 0. The van der Waals surface area contributed by atoms with Gasteiger partial charge < -0.3 is 0 Å². The number of benzene rings is 3. The predicted octanol–water partition coefficient (Wildman–Crippen LogP) is 6.41. The lowest BCUT2D eigenvalue weighted by molar-refractivity contribution is 0.660. The molecule has 24 heavy (non-hydrogen) atoms. The van der Waals surface area contributed by atoms with Crippen molar-refractivity contribution in [1.82, 2.24) is 0 Å². The lowest BCUT2D eigenvalue weighted by atomic mass is 9.93. The zero-order valence-electron chi connectivity index (χ0n) is 13.7. The second-order valence-corrected chi connectivity index (χ2v) is 6.94. The van der Waals surface area contributed by atoms with Crippen LogP contribution in [0.2, 0.25) is 0 Å². The van der Waals surface area contributed by atoms with E-state index in [-0.39, 0.29) is 0 Å². The van der Waals surface area contributed by atoms with Gasteiger partial charge in [-0.1, -0.05) is 84.5 Å². The highest BCUT2D eigenvalue weighted by Gasteiger charge is 2.23. The first-order valence-corrected chi connectivity index (χ1v) is 8.85. The fraction of sp³-hybridized carbons (Fsp3) is 0.167. The van der Waals surface area contributed by atoms with Crippen LogP contribution in [0.5, 0.6) is 0 Å². The van der Waals surface area contributed by atoms with Crippen molar-refractivity contribution in [3.05, 3.63) is 89.5 Å². The lowest BCUT2D eigenvalue weighted by Gasteiger charge is -2.11. The van der Waals surface area contributed by atoms with Crippen LogP contribution in [0.3, 0.4) is 0 Å². The maximum absolute atomic E-state index is 2.48. The molecule has 2 aliphatic rings. The van der Waals surface area contributed by atoms with Gasteiger partial charge in [0.1, 0.15) is 0 Å². The van der Waals surface area contributed by atoms with Crippen LogP contribution in [0.25, 0.3) is 28.0 Å². The normalized spacial score (nSPS) is 16.6. The van der Waals surface area contributed by atoms with E-state index in [0.717, 1.165) is 12.3 Å². The molecule has 5 rings (SSSR count). The molecule has 0 atom stereocenters. The van der Waals surface area contributed by atoms with E-state index in [1.54, 1.807) is 5.57 Å². The Hall–Kier alpha value is -2.60. The summed E-state index contributed by atoms with van der Waals surface area (Å²) in [6, 6.07) is 22.2. The highest BCUT2D eigenvalue weighted by molar-refractivity contribution is 5.99. The zero-order chi connectivity index (χ0) is 15.9. The molecule has 0 saturated carbocycles. The molecule has 0 amide bonds. The molecule has 116 valence electrons. The number of allylic oxidation sites excluding steroid dienone is 3. The highest BCUT2D eigenvalue weighted by Crippen LogP contribution is 2.40. The van der Waals surface area contributed by atoms with E-state index in [0.29, 0.717) is 0 Å². The average molecular weight is 308 g/mol. The Morgan fingerprint density at radius 1 is 0.708 bits per heavy atom. The van der Waals surface area contributed by atoms with Gasteiger partial charge in [-0.2, -0.15) is 0 Å². The first kappa shape index (κ1) is 13.8. The maximum atomic E-state index is 2.48. The summed E-state index contributed by atoms with van der Waals surface area (Å²) >= 11 is 0. The van der Waals surface area contributed by atoms with Gasteiger partial charge >= 0.3 is 0 Å². The largest absolute Gasteiger partial charge is 0.0879 e. The third kappa shape index (κ3) is 2.14. The maximum Gasteiger partial charge on any atom is -0.00546 e. The summed E-state index contributed by atoms with van der Waals surface area (Å²) in [5.41, 5.74) is 7.28. The van der Waals surface area contributed by atoms with Gasteiger partial charge in [-0.25, -0.2) is 0 Å². The van der Waals surface area contributed by atoms with Gasteiger partial charge in [-0.3, -0.25) is 0 Å². The number of hydrogen-bond acceptors (Lipinski definition) is 0. The number of hydrogen-bond donors (Lipinski definition) is 0. The third-order valence-corrected chi connectivity index (χ3v) is 5.53. The fourth-order valence-corrected chi connectivity index (χ4v) is 4.27. The monoisotopic (exact) mass is 308 g/mol. The molecule has 3 aromatic carbocycles. The van der Waals surface area contributed by atoms with Gasteiger partial charge in [0.2, 0.25) is 0 Å². The van der Waals surface area contributed by atoms with Crippen molar-refractivity contribution in [3.8, 4) is 11.1 Å². The van der Waals surface area contributed by atoms with Crippen molar-refractivity contribution in [2.24, 2.45) is 5.92 Å².